The lowest BCUT2D eigenvalue weighted by Gasteiger charge is -2.51. The smallest absolute Gasteiger partial charge is 0.0590 e. The van der Waals surface area contributed by atoms with Crippen LogP contribution in [-0.2, 0) is 16.7 Å². The van der Waals surface area contributed by atoms with Crippen molar-refractivity contribution in [2.24, 2.45) is 11.1 Å². The van der Waals surface area contributed by atoms with E-state index in [0.29, 0.717) is 6.54 Å². The van der Waals surface area contributed by atoms with E-state index in [1.807, 2.05) is 0 Å². The summed E-state index contributed by atoms with van der Waals surface area (Å²) in [5.41, 5.74) is 8.66. The lowest BCUT2D eigenvalue weighted by atomic mass is 9.61. The van der Waals surface area contributed by atoms with Gasteiger partial charge in [0.25, 0.3) is 0 Å². The second kappa shape index (κ2) is 3.86. The molecule has 0 bridgehead atoms. The van der Waals surface area contributed by atoms with Crippen molar-refractivity contribution in [3.8, 4) is 0 Å². The van der Waals surface area contributed by atoms with E-state index in [9.17, 15) is 0 Å². The molecule has 0 saturated carbocycles. The van der Waals surface area contributed by atoms with E-state index in [-0.39, 0.29) is 10.8 Å². The summed E-state index contributed by atoms with van der Waals surface area (Å²) in [6, 6.07) is 8.61. The highest BCUT2D eigenvalue weighted by molar-refractivity contribution is 5.34. The van der Waals surface area contributed by atoms with E-state index in [1.165, 1.54) is 11.1 Å². The quantitative estimate of drug-likeness (QED) is 0.829. The molecule has 1 fully saturated rings. The Morgan fingerprint density at radius 3 is 2.44 bits per heavy atom. The molecule has 0 aliphatic carbocycles. The third kappa shape index (κ3) is 1.66. The van der Waals surface area contributed by atoms with Gasteiger partial charge in [-0.15, -0.1) is 0 Å². The lowest BCUT2D eigenvalue weighted by Crippen LogP contribution is -2.55. The molecule has 2 heteroatoms. The highest BCUT2D eigenvalue weighted by atomic mass is 16.5. The SMILES string of the molecule is CC(C)(C)C1(c2cccc(CN)c2)COC1. The van der Waals surface area contributed by atoms with Crippen LogP contribution in [-0.4, -0.2) is 13.2 Å². The van der Waals surface area contributed by atoms with E-state index < -0.39 is 0 Å². The third-order valence-corrected chi connectivity index (χ3v) is 3.85. The number of hydrogen-bond acceptors (Lipinski definition) is 2. The summed E-state index contributed by atoms with van der Waals surface area (Å²) in [6.07, 6.45) is 0. The highest BCUT2D eigenvalue weighted by Gasteiger charge is 2.49. The van der Waals surface area contributed by atoms with Gasteiger partial charge in [-0.25, -0.2) is 0 Å². The van der Waals surface area contributed by atoms with Gasteiger partial charge < -0.3 is 10.5 Å². The average Bonchev–Trinajstić information content (AvgIpc) is 2.14. The Morgan fingerprint density at radius 2 is 2.00 bits per heavy atom. The minimum absolute atomic E-state index is 0.165. The molecule has 1 saturated heterocycles. The molecule has 0 unspecified atom stereocenters. The molecule has 1 aromatic rings. The van der Waals surface area contributed by atoms with Gasteiger partial charge >= 0.3 is 0 Å². The molecule has 2 N–H and O–H groups in total. The maximum Gasteiger partial charge on any atom is 0.0590 e. The summed E-state index contributed by atoms with van der Waals surface area (Å²) in [4.78, 5) is 0. The molecule has 1 aliphatic rings. The Bertz CT molecular complexity index is 375. The maximum absolute atomic E-state index is 5.70. The van der Waals surface area contributed by atoms with Crippen LogP contribution in [0.5, 0.6) is 0 Å². The molecule has 0 radical (unpaired) electrons. The van der Waals surface area contributed by atoms with Gasteiger partial charge in [0.2, 0.25) is 0 Å². The number of nitrogens with two attached hydrogens (primary N) is 1. The Labute approximate surface area is 97.8 Å². The van der Waals surface area contributed by atoms with Crippen LogP contribution in [0.2, 0.25) is 0 Å². The Balaban J connectivity index is 2.41. The monoisotopic (exact) mass is 219 g/mol. The van der Waals surface area contributed by atoms with Crippen LogP contribution in [0.25, 0.3) is 0 Å². The molecular formula is C14H21NO. The minimum atomic E-state index is 0.165. The summed E-state index contributed by atoms with van der Waals surface area (Å²) in [5.74, 6) is 0. The number of ether oxygens (including phenoxy) is 1. The van der Waals surface area contributed by atoms with Gasteiger partial charge in [0.1, 0.15) is 0 Å². The molecule has 0 aromatic heterocycles. The Kier molecular flexibility index (Phi) is 2.81. The van der Waals surface area contributed by atoms with Crippen LogP contribution in [0.3, 0.4) is 0 Å². The van der Waals surface area contributed by atoms with E-state index >= 15 is 0 Å². The molecule has 0 amide bonds. The van der Waals surface area contributed by atoms with E-state index in [1.54, 1.807) is 0 Å². The van der Waals surface area contributed by atoms with Crippen molar-refractivity contribution in [1.29, 1.82) is 0 Å². The molecule has 1 aromatic carbocycles. The van der Waals surface area contributed by atoms with Crippen LogP contribution in [0.1, 0.15) is 31.9 Å². The molecule has 1 aliphatic heterocycles. The third-order valence-electron chi connectivity index (χ3n) is 3.85. The van der Waals surface area contributed by atoms with Crippen molar-refractivity contribution >= 4 is 0 Å². The van der Waals surface area contributed by atoms with Gasteiger partial charge in [-0.2, -0.15) is 0 Å². The summed E-state index contributed by atoms with van der Waals surface area (Å²) >= 11 is 0. The Morgan fingerprint density at radius 1 is 1.31 bits per heavy atom. The molecule has 16 heavy (non-hydrogen) atoms. The zero-order chi connectivity index (χ0) is 11.8. The fourth-order valence-corrected chi connectivity index (χ4v) is 2.33. The molecule has 0 spiro atoms. The fraction of sp³-hybridized carbons (Fsp3) is 0.571. The van der Waals surface area contributed by atoms with Crippen molar-refractivity contribution in [2.75, 3.05) is 13.2 Å². The first-order valence-corrected chi connectivity index (χ1v) is 5.87. The summed E-state index contributed by atoms with van der Waals surface area (Å²) in [6.45, 7) is 9.10. The molecule has 1 heterocycles. The van der Waals surface area contributed by atoms with Crippen molar-refractivity contribution in [3.63, 3.8) is 0 Å². The zero-order valence-corrected chi connectivity index (χ0v) is 10.4. The van der Waals surface area contributed by atoms with Gasteiger partial charge in [0, 0.05) is 12.0 Å². The van der Waals surface area contributed by atoms with Crippen molar-refractivity contribution < 1.29 is 4.74 Å². The molecule has 2 rings (SSSR count). The molecule has 88 valence electrons. The summed E-state index contributed by atoms with van der Waals surface area (Å²) < 4.78 is 5.46. The van der Waals surface area contributed by atoms with Crippen LogP contribution in [0.4, 0.5) is 0 Å². The number of hydrogen-bond donors (Lipinski definition) is 1. The Hall–Kier alpha value is -0.860. The fourth-order valence-electron chi connectivity index (χ4n) is 2.33. The van der Waals surface area contributed by atoms with Gasteiger partial charge in [-0.3, -0.25) is 0 Å². The van der Waals surface area contributed by atoms with E-state index in [2.05, 4.69) is 45.0 Å². The standard InChI is InChI=1S/C14H21NO/c1-13(2,3)14(9-16-10-14)12-6-4-5-11(7-12)8-15/h4-7H,8-10,15H2,1-3H3. The topological polar surface area (TPSA) is 35.2 Å². The number of benzene rings is 1. The van der Waals surface area contributed by atoms with Gasteiger partial charge in [0.05, 0.1) is 13.2 Å². The average molecular weight is 219 g/mol. The van der Waals surface area contributed by atoms with Crippen molar-refractivity contribution in [3.05, 3.63) is 35.4 Å². The normalized spacial score (nSPS) is 19.2. The second-order valence-corrected chi connectivity index (χ2v) is 5.73. The van der Waals surface area contributed by atoms with Crippen LogP contribution in [0.15, 0.2) is 24.3 Å². The predicted molar refractivity (Wildman–Crippen MR) is 66.3 cm³/mol. The summed E-state index contributed by atoms with van der Waals surface area (Å²) in [7, 11) is 0. The van der Waals surface area contributed by atoms with E-state index in [4.69, 9.17) is 10.5 Å². The van der Waals surface area contributed by atoms with Crippen LogP contribution >= 0.6 is 0 Å². The largest absolute Gasteiger partial charge is 0.379 e. The highest BCUT2D eigenvalue weighted by Crippen LogP contribution is 2.47. The minimum Gasteiger partial charge on any atom is -0.379 e. The lowest BCUT2D eigenvalue weighted by molar-refractivity contribution is -0.113. The molecule has 0 atom stereocenters. The van der Waals surface area contributed by atoms with Crippen molar-refractivity contribution in [1.82, 2.24) is 0 Å². The summed E-state index contributed by atoms with van der Waals surface area (Å²) in [5, 5.41) is 0. The predicted octanol–water partition coefficient (Wildman–Crippen LogP) is 2.46. The first kappa shape index (κ1) is 11.6. The van der Waals surface area contributed by atoms with Crippen molar-refractivity contribution in [2.45, 2.75) is 32.7 Å². The van der Waals surface area contributed by atoms with Gasteiger partial charge in [-0.05, 0) is 16.5 Å². The van der Waals surface area contributed by atoms with Gasteiger partial charge in [0.15, 0.2) is 0 Å². The zero-order valence-electron chi connectivity index (χ0n) is 10.4. The van der Waals surface area contributed by atoms with E-state index in [0.717, 1.165) is 13.2 Å². The molecular weight excluding hydrogens is 198 g/mol. The van der Waals surface area contributed by atoms with Gasteiger partial charge in [-0.1, -0.05) is 45.0 Å². The van der Waals surface area contributed by atoms with Crippen LogP contribution in [0, 0.1) is 5.41 Å². The number of rotatable bonds is 2. The molecule has 2 nitrogen and oxygen atoms in total. The second-order valence-electron chi connectivity index (χ2n) is 5.73. The maximum atomic E-state index is 5.70. The first-order chi connectivity index (χ1) is 7.49. The first-order valence-electron chi connectivity index (χ1n) is 5.87. The van der Waals surface area contributed by atoms with Crippen LogP contribution < -0.4 is 5.73 Å².